The van der Waals surface area contributed by atoms with Gasteiger partial charge in [-0.3, -0.25) is 9.59 Å². The molecule has 0 N–H and O–H groups in total. The summed E-state index contributed by atoms with van der Waals surface area (Å²) in [6.45, 7) is 0. The lowest BCUT2D eigenvalue weighted by Crippen LogP contribution is -2.25. The average Bonchev–Trinajstić information content (AvgIpc) is 2.66. The molecule has 0 aromatic heterocycles. The van der Waals surface area contributed by atoms with E-state index < -0.39 is 6.29 Å². The molecule has 0 atom stereocenters. The highest BCUT2D eigenvalue weighted by Gasteiger charge is 2.26. The Bertz CT molecular complexity index is 494. The molecule has 18 heavy (non-hydrogen) atoms. The summed E-state index contributed by atoms with van der Waals surface area (Å²) in [6.07, 6.45) is -0.574. The molecule has 1 aromatic carbocycles. The lowest BCUT2D eigenvalue weighted by Gasteiger charge is -2.13. The van der Waals surface area contributed by atoms with Crippen molar-refractivity contribution in [1.29, 1.82) is 0 Å². The van der Waals surface area contributed by atoms with Crippen molar-refractivity contribution in [2.45, 2.75) is 12.7 Å². The monoisotopic (exact) mass is 249 g/mol. The predicted molar refractivity (Wildman–Crippen MR) is 65.7 cm³/mol. The highest BCUT2D eigenvalue weighted by Crippen LogP contribution is 2.28. The molecule has 0 unspecified atom stereocenters. The number of amides is 1. The first-order chi connectivity index (χ1) is 8.58. The topological polar surface area (TPSA) is 55.8 Å². The lowest BCUT2D eigenvalue weighted by atomic mass is 10.0. The fraction of sp³-hybridized carbons (Fsp3) is 0.385. The van der Waals surface area contributed by atoms with Crippen LogP contribution >= 0.6 is 0 Å². The highest BCUT2D eigenvalue weighted by atomic mass is 16.7. The van der Waals surface area contributed by atoms with Crippen molar-refractivity contribution in [3.63, 3.8) is 0 Å². The number of ether oxygens (including phenoxy) is 2. The number of Topliss-reactive ketones (excluding diaryl/α,β-unsaturated/α-hetero) is 1. The first-order valence-corrected chi connectivity index (χ1v) is 5.57. The zero-order valence-corrected chi connectivity index (χ0v) is 10.6. The van der Waals surface area contributed by atoms with Crippen LogP contribution in [-0.4, -0.2) is 39.2 Å². The Labute approximate surface area is 105 Å². The van der Waals surface area contributed by atoms with Gasteiger partial charge in [-0.2, -0.15) is 0 Å². The number of nitrogens with zero attached hydrogens (tertiary/aromatic N) is 1. The van der Waals surface area contributed by atoms with Gasteiger partial charge in [0, 0.05) is 32.5 Å². The third-order valence-electron chi connectivity index (χ3n) is 3.08. The molecule has 0 radical (unpaired) electrons. The van der Waals surface area contributed by atoms with Gasteiger partial charge in [0.05, 0.1) is 6.42 Å². The van der Waals surface area contributed by atoms with E-state index in [0.29, 0.717) is 12.0 Å². The predicted octanol–water partition coefficient (Wildman–Crippen LogP) is 1.01. The van der Waals surface area contributed by atoms with E-state index in [9.17, 15) is 9.59 Å². The molecule has 96 valence electrons. The summed E-state index contributed by atoms with van der Waals surface area (Å²) in [6, 6.07) is 5.18. The minimum absolute atomic E-state index is 0.0321. The van der Waals surface area contributed by atoms with Gasteiger partial charge in [-0.05, 0) is 23.8 Å². The van der Waals surface area contributed by atoms with E-state index in [0.717, 1.165) is 11.3 Å². The summed E-state index contributed by atoms with van der Waals surface area (Å²) in [5.41, 5.74) is 2.20. The van der Waals surface area contributed by atoms with Crippen LogP contribution in [0.4, 0.5) is 5.69 Å². The van der Waals surface area contributed by atoms with E-state index in [1.54, 1.807) is 30.1 Å². The van der Waals surface area contributed by atoms with Crippen LogP contribution in [0.3, 0.4) is 0 Å². The molecule has 0 saturated heterocycles. The second-order valence-electron chi connectivity index (χ2n) is 4.14. The number of hydrogen-bond donors (Lipinski definition) is 0. The van der Waals surface area contributed by atoms with Crippen molar-refractivity contribution in [2.75, 3.05) is 26.2 Å². The van der Waals surface area contributed by atoms with Crippen LogP contribution in [0.2, 0.25) is 0 Å². The molecule has 0 fully saturated rings. The summed E-state index contributed by atoms with van der Waals surface area (Å²) < 4.78 is 9.86. The Kier molecular flexibility index (Phi) is 3.45. The lowest BCUT2D eigenvalue weighted by molar-refractivity contribution is -0.117. The first-order valence-electron chi connectivity index (χ1n) is 5.57. The van der Waals surface area contributed by atoms with Gasteiger partial charge in [-0.15, -0.1) is 0 Å². The first kappa shape index (κ1) is 12.7. The van der Waals surface area contributed by atoms with Crippen molar-refractivity contribution in [1.82, 2.24) is 0 Å². The summed E-state index contributed by atoms with van der Waals surface area (Å²) in [5.74, 6) is -0.213. The number of methoxy groups -OCH3 is 2. The van der Waals surface area contributed by atoms with Crippen molar-refractivity contribution < 1.29 is 19.1 Å². The number of benzene rings is 1. The standard InChI is InChI=1S/C13H15NO4/c1-14-10-5-4-8(6-9(10)7-11(14)15)12(16)13(17-2)18-3/h4-6,13H,7H2,1-3H3. The van der Waals surface area contributed by atoms with Gasteiger partial charge in [0.2, 0.25) is 18.0 Å². The Morgan fingerprint density at radius 3 is 2.61 bits per heavy atom. The molecule has 1 heterocycles. The second-order valence-corrected chi connectivity index (χ2v) is 4.14. The van der Waals surface area contributed by atoms with Crippen molar-refractivity contribution >= 4 is 17.4 Å². The Balaban J connectivity index is 2.31. The molecule has 1 amide bonds. The zero-order valence-electron chi connectivity index (χ0n) is 10.6. The van der Waals surface area contributed by atoms with Crippen LogP contribution in [0.1, 0.15) is 15.9 Å². The maximum absolute atomic E-state index is 12.0. The van der Waals surface area contributed by atoms with E-state index in [2.05, 4.69) is 0 Å². The molecule has 0 bridgehead atoms. The quantitative estimate of drug-likeness (QED) is 0.590. The molecular formula is C13H15NO4. The number of carbonyl (C=O) groups excluding carboxylic acids is 2. The van der Waals surface area contributed by atoms with Gasteiger partial charge in [-0.25, -0.2) is 0 Å². The zero-order chi connectivity index (χ0) is 13.3. The van der Waals surface area contributed by atoms with Gasteiger partial charge in [0.15, 0.2) is 0 Å². The maximum atomic E-state index is 12.0. The smallest absolute Gasteiger partial charge is 0.231 e. The minimum Gasteiger partial charge on any atom is -0.349 e. The van der Waals surface area contributed by atoms with Crippen LogP contribution in [0.5, 0.6) is 0 Å². The van der Waals surface area contributed by atoms with Gasteiger partial charge >= 0.3 is 0 Å². The van der Waals surface area contributed by atoms with Crippen LogP contribution in [0.15, 0.2) is 18.2 Å². The minimum atomic E-state index is -0.905. The molecule has 0 saturated carbocycles. The Morgan fingerprint density at radius 2 is 2.00 bits per heavy atom. The summed E-state index contributed by atoms with van der Waals surface area (Å²) in [5, 5.41) is 0. The molecule has 1 aromatic rings. The van der Waals surface area contributed by atoms with Crippen molar-refractivity contribution in [3.05, 3.63) is 29.3 Å². The molecule has 1 aliphatic rings. The summed E-state index contributed by atoms with van der Waals surface area (Å²) in [7, 11) is 4.55. The van der Waals surface area contributed by atoms with Crippen LogP contribution in [-0.2, 0) is 20.7 Å². The number of rotatable bonds is 4. The number of fused-ring (bicyclic) bond motifs is 1. The fourth-order valence-corrected chi connectivity index (χ4v) is 2.07. The Hall–Kier alpha value is -1.72. The van der Waals surface area contributed by atoms with Gasteiger partial charge < -0.3 is 14.4 Å². The maximum Gasteiger partial charge on any atom is 0.231 e. The third kappa shape index (κ3) is 2.02. The molecular weight excluding hydrogens is 234 g/mol. The molecule has 2 rings (SSSR count). The largest absolute Gasteiger partial charge is 0.349 e. The fourth-order valence-electron chi connectivity index (χ4n) is 2.07. The van der Waals surface area contributed by atoms with E-state index in [-0.39, 0.29) is 11.7 Å². The van der Waals surface area contributed by atoms with Gasteiger partial charge in [0.1, 0.15) is 0 Å². The molecule has 0 aliphatic carbocycles. The average molecular weight is 249 g/mol. The summed E-state index contributed by atoms with van der Waals surface area (Å²) >= 11 is 0. The number of carbonyl (C=O) groups is 2. The van der Waals surface area contributed by atoms with Crippen molar-refractivity contribution in [3.8, 4) is 0 Å². The van der Waals surface area contributed by atoms with E-state index in [1.807, 2.05) is 0 Å². The SMILES string of the molecule is COC(OC)C(=O)c1ccc2c(c1)CC(=O)N2C. The molecule has 5 heteroatoms. The van der Waals surface area contributed by atoms with Crippen LogP contribution in [0, 0.1) is 0 Å². The molecule has 5 nitrogen and oxygen atoms in total. The molecule has 0 spiro atoms. The number of likely N-dealkylation sites (N-methyl/N-ethyl adjacent to an activating group) is 1. The Morgan fingerprint density at radius 1 is 1.33 bits per heavy atom. The van der Waals surface area contributed by atoms with Crippen LogP contribution in [0.25, 0.3) is 0 Å². The third-order valence-corrected chi connectivity index (χ3v) is 3.08. The van der Waals surface area contributed by atoms with Crippen LogP contribution < -0.4 is 4.90 Å². The number of anilines is 1. The number of hydrogen-bond acceptors (Lipinski definition) is 4. The van der Waals surface area contributed by atoms with Gasteiger partial charge in [-0.1, -0.05) is 0 Å². The van der Waals surface area contributed by atoms with E-state index >= 15 is 0 Å². The van der Waals surface area contributed by atoms with E-state index in [4.69, 9.17) is 9.47 Å². The van der Waals surface area contributed by atoms with Crippen molar-refractivity contribution in [2.24, 2.45) is 0 Å². The second kappa shape index (κ2) is 4.88. The highest BCUT2D eigenvalue weighted by molar-refractivity contribution is 6.04. The summed E-state index contributed by atoms with van der Waals surface area (Å²) in [4.78, 5) is 25.2. The van der Waals surface area contributed by atoms with Gasteiger partial charge in [0.25, 0.3) is 0 Å². The number of ketones is 1. The normalized spacial score (nSPS) is 14.2. The molecule has 1 aliphatic heterocycles. The van der Waals surface area contributed by atoms with E-state index in [1.165, 1.54) is 14.2 Å².